The Kier molecular flexibility index (Phi) is 4.87. The Morgan fingerprint density at radius 1 is 1.32 bits per heavy atom. The lowest BCUT2D eigenvalue weighted by atomic mass is 10.1. The standard InChI is InChI=1S/C18H24N4O3/c1-12-15-6-4-5-7-16(15)18(25)22(19-12)10-17(24)21-9-13(20(2)3)8-14(21)11-23/h4-7,13-14,23H,8-11H2,1-3H3/t13-,14+/m1/s1. The fraction of sp³-hybridized carbons (Fsp3) is 0.500. The third-order valence-electron chi connectivity index (χ3n) is 4.99. The summed E-state index contributed by atoms with van der Waals surface area (Å²) in [5.41, 5.74) is 0.452. The summed E-state index contributed by atoms with van der Waals surface area (Å²) < 4.78 is 1.23. The second-order valence-corrected chi connectivity index (χ2v) is 6.83. The Balaban J connectivity index is 1.87. The number of amides is 1. The van der Waals surface area contributed by atoms with Crippen LogP contribution in [0.15, 0.2) is 29.1 Å². The van der Waals surface area contributed by atoms with Crippen LogP contribution in [0.2, 0.25) is 0 Å². The number of aliphatic hydroxyl groups excluding tert-OH is 1. The molecule has 0 radical (unpaired) electrons. The third-order valence-corrected chi connectivity index (χ3v) is 4.99. The second kappa shape index (κ2) is 6.93. The molecule has 1 aromatic heterocycles. The van der Waals surface area contributed by atoms with Crippen molar-refractivity contribution < 1.29 is 9.90 Å². The highest BCUT2D eigenvalue weighted by molar-refractivity contribution is 5.83. The molecule has 134 valence electrons. The minimum Gasteiger partial charge on any atom is -0.394 e. The first-order valence-electron chi connectivity index (χ1n) is 8.45. The van der Waals surface area contributed by atoms with Gasteiger partial charge in [0.1, 0.15) is 6.54 Å². The van der Waals surface area contributed by atoms with Crippen molar-refractivity contribution >= 4 is 16.7 Å². The zero-order chi connectivity index (χ0) is 18.1. The lowest BCUT2D eigenvalue weighted by Crippen LogP contribution is -2.42. The number of aryl methyl sites for hydroxylation is 1. The van der Waals surface area contributed by atoms with Gasteiger partial charge in [-0.2, -0.15) is 5.10 Å². The van der Waals surface area contributed by atoms with Gasteiger partial charge in [0.25, 0.3) is 5.56 Å². The molecule has 0 unspecified atom stereocenters. The van der Waals surface area contributed by atoms with Crippen molar-refractivity contribution in [3.8, 4) is 0 Å². The average Bonchev–Trinajstić information content (AvgIpc) is 3.04. The maximum absolute atomic E-state index is 12.7. The molecule has 1 amide bonds. The first kappa shape index (κ1) is 17.6. The largest absolute Gasteiger partial charge is 0.394 e. The van der Waals surface area contributed by atoms with E-state index in [4.69, 9.17) is 0 Å². The van der Waals surface area contributed by atoms with Crippen LogP contribution in [0.25, 0.3) is 10.8 Å². The molecular weight excluding hydrogens is 320 g/mol. The van der Waals surface area contributed by atoms with Crippen LogP contribution in [-0.2, 0) is 11.3 Å². The Labute approximate surface area is 146 Å². The number of aliphatic hydroxyl groups is 1. The van der Waals surface area contributed by atoms with Gasteiger partial charge in [0.2, 0.25) is 5.91 Å². The maximum atomic E-state index is 12.7. The molecule has 0 spiro atoms. The van der Waals surface area contributed by atoms with Gasteiger partial charge in [-0.05, 0) is 33.5 Å². The first-order chi connectivity index (χ1) is 11.9. The van der Waals surface area contributed by atoms with E-state index in [1.165, 1.54) is 4.68 Å². The van der Waals surface area contributed by atoms with Crippen molar-refractivity contribution in [1.82, 2.24) is 19.6 Å². The van der Waals surface area contributed by atoms with E-state index in [9.17, 15) is 14.7 Å². The molecule has 1 aromatic carbocycles. The predicted octanol–water partition coefficient (Wildman–Crippen LogP) is 0.228. The van der Waals surface area contributed by atoms with Crippen molar-refractivity contribution in [2.24, 2.45) is 0 Å². The smallest absolute Gasteiger partial charge is 0.275 e. The molecule has 7 heteroatoms. The van der Waals surface area contributed by atoms with Gasteiger partial charge in [0.15, 0.2) is 0 Å². The highest BCUT2D eigenvalue weighted by Crippen LogP contribution is 2.21. The molecule has 0 saturated carbocycles. The van der Waals surface area contributed by atoms with E-state index in [1.807, 2.05) is 33.2 Å². The number of carbonyl (C=O) groups excluding carboxylic acids is 1. The number of carbonyl (C=O) groups is 1. The van der Waals surface area contributed by atoms with Crippen LogP contribution in [0.4, 0.5) is 0 Å². The molecule has 7 nitrogen and oxygen atoms in total. The maximum Gasteiger partial charge on any atom is 0.275 e. The average molecular weight is 344 g/mol. The monoisotopic (exact) mass is 344 g/mol. The van der Waals surface area contributed by atoms with Crippen LogP contribution in [0, 0.1) is 6.92 Å². The molecule has 1 fully saturated rings. The van der Waals surface area contributed by atoms with Crippen LogP contribution in [0.5, 0.6) is 0 Å². The molecule has 1 aliphatic rings. The summed E-state index contributed by atoms with van der Waals surface area (Å²) in [6, 6.07) is 7.28. The van der Waals surface area contributed by atoms with E-state index in [1.54, 1.807) is 17.0 Å². The van der Waals surface area contributed by atoms with Gasteiger partial charge in [-0.25, -0.2) is 4.68 Å². The molecule has 2 aromatic rings. The molecule has 2 heterocycles. The van der Waals surface area contributed by atoms with Gasteiger partial charge >= 0.3 is 0 Å². The zero-order valence-electron chi connectivity index (χ0n) is 14.8. The number of hydrogen-bond acceptors (Lipinski definition) is 5. The topological polar surface area (TPSA) is 78.7 Å². The quantitative estimate of drug-likeness (QED) is 0.859. The highest BCUT2D eigenvalue weighted by atomic mass is 16.3. The minimum atomic E-state index is -0.265. The van der Waals surface area contributed by atoms with Crippen molar-refractivity contribution in [1.29, 1.82) is 0 Å². The minimum absolute atomic E-state index is 0.0743. The van der Waals surface area contributed by atoms with Gasteiger partial charge in [-0.1, -0.05) is 18.2 Å². The summed E-state index contributed by atoms with van der Waals surface area (Å²) in [4.78, 5) is 29.1. The third kappa shape index (κ3) is 3.29. The Hall–Kier alpha value is -2.25. The van der Waals surface area contributed by atoms with Gasteiger partial charge in [-0.15, -0.1) is 0 Å². The van der Waals surface area contributed by atoms with Crippen LogP contribution >= 0.6 is 0 Å². The normalized spacial score (nSPS) is 20.6. The van der Waals surface area contributed by atoms with E-state index < -0.39 is 0 Å². The van der Waals surface area contributed by atoms with E-state index in [-0.39, 0.29) is 36.7 Å². The molecule has 1 N–H and O–H groups in total. The number of likely N-dealkylation sites (N-methyl/N-ethyl adjacent to an activating group) is 1. The molecule has 25 heavy (non-hydrogen) atoms. The lowest BCUT2D eigenvalue weighted by molar-refractivity contribution is -0.133. The Morgan fingerprint density at radius 3 is 2.64 bits per heavy atom. The Bertz CT molecular complexity index is 846. The number of fused-ring (bicyclic) bond motifs is 1. The van der Waals surface area contributed by atoms with Crippen LogP contribution in [-0.4, -0.2) is 69.9 Å². The second-order valence-electron chi connectivity index (χ2n) is 6.83. The summed E-state index contributed by atoms with van der Waals surface area (Å²) in [5, 5.41) is 15.3. The molecule has 0 bridgehead atoms. The van der Waals surface area contributed by atoms with Crippen LogP contribution < -0.4 is 5.56 Å². The van der Waals surface area contributed by atoms with Crippen molar-refractivity contribution in [2.45, 2.75) is 32.0 Å². The lowest BCUT2D eigenvalue weighted by Gasteiger charge is -2.23. The van der Waals surface area contributed by atoms with E-state index in [0.29, 0.717) is 17.6 Å². The summed E-state index contributed by atoms with van der Waals surface area (Å²) in [6.07, 6.45) is 0.730. The number of aromatic nitrogens is 2. The number of benzene rings is 1. The van der Waals surface area contributed by atoms with E-state index in [2.05, 4.69) is 10.00 Å². The fourth-order valence-corrected chi connectivity index (χ4v) is 3.48. The molecule has 0 aliphatic carbocycles. The molecule has 1 aliphatic heterocycles. The molecular formula is C18H24N4O3. The fourth-order valence-electron chi connectivity index (χ4n) is 3.48. The van der Waals surface area contributed by atoms with E-state index in [0.717, 1.165) is 11.8 Å². The van der Waals surface area contributed by atoms with Gasteiger partial charge < -0.3 is 14.9 Å². The zero-order valence-corrected chi connectivity index (χ0v) is 14.8. The van der Waals surface area contributed by atoms with Crippen molar-refractivity contribution in [3.63, 3.8) is 0 Å². The van der Waals surface area contributed by atoms with Crippen LogP contribution in [0.1, 0.15) is 12.1 Å². The first-order valence-corrected chi connectivity index (χ1v) is 8.45. The number of hydrogen-bond donors (Lipinski definition) is 1. The van der Waals surface area contributed by atoms with Gasteiger partial charge in [0, 0.05) is 18.0 Å². The highest BCUT2D eigenvalue weighted by Gasteiger charge is 2.35. The summed E-state index contributed by atoms with van der Waals surface area (Å²) in [7, 11) is 3.93. The van der Waals surface area contributed by atoms with Crippen molar-refractivity contribution in [3.05, 3.63) is 40.3 Å². The van der Waals surface area contributed by atoms with Crippen molar-refractivity contribution in [2.75, 3.05) is 27.2 Å². The molecule has 3 rings (SSSR count). The number of rotatable bonds is 4. The predicted molar refractivity (Wildman–Crippen MR) is 95.4 cm³/mol. The molecule has 2 atom stereocenters. The Morgan fingerprint density at radius 2 is 2.00 bits per heavy atom. The van der Waals surface area contributed by atoms with Gasteiger partial charge in [0.05, 0.1) is 23.7 Å². The summed E-state index contributed by atoms with van der Waals surface area (Å²) in [5.74, 6) is -0.187. The van der Waals surface area contributed by atoms with Gasteiger partial charge in [-0.3, -0.25) is 9.59 Å². The van der Waals surface area contributed by atoms with Crippen LogP contribution in [0.3, 0.4) is 0 Å². The molecule has 1 saturated heterocycles. The number of likely N-dealkylation sites (tertiary alicyclic amines) is 1. The number of nitrogens with zero attached hydrogens (tertiary/aromatic N) is 4. The summed E-state index contributed by atoms with van der Waals surface area (Å²) >= 11 is 0. The SMILES string of the molecule is Cc1nn(CC(=O)N2C[C@H](N(C)C)C[C@H]2CO)c(=O)c2ccccc12. The summed E-state index contributed by atoms with van der Waals surface area (Å²) in [6.45, 7) is 2.20. The van der Waals surface area contributed by atoms with E-state index >= 15 is 0 Å².